The van der Waals surface area contributed by atoms with Crippen molar-refractivity contribution in [3.8, 4) is 11.5 Å². The van der Waals surface area contributed by atoms with Gasteiger partial charge >= 0.3 is 0 Å². The zero-order chi connectivity index (χ0) is 26.7. The molecule has 0 fully saturated rings. The summed E-state index contributed by atoms with van der Waals surface area (Å²) in [5.74, 6) is 0.0516. The minimum atomic E-state index is -0.386. The van der Waals surface area contributed by atoms with Gasteiger partial charge in [-0.05, 0) is 60.5 Å². The molecule has 11 heteroatoms. The van der Waals surface area contributed by atoms with Crippen LogP contribution in [0.5, 0.6) is 11.5 Å². The fraction of sp³-hybridized carbons (Fsp3) is 0.148. The van der Waals surface area contributed by atoms with Crippen molar-refractivity contribution in [2.75, 3.05) is 11.9 Å². The van der Waals surface area contributed by atoms with Gasteiger partial charge in [-0.2, -0.15) is 5.10 Å². The molecule has 2 N–H and O–H groups in total. The van der Waals surface area contributed by atoms with Crippen molar-refractivity contribution in [3.05, 3.63) is 100 Å². The van der Waals surface area contributed by atoms with Gasteiger partial charge in [0.25, 0.3) is 5.91 Å². The normalized spacial score (nSPS) is 10.8. The van der Waals surface area contributed by atoms with Crippen LogP contribution >= 0.6 is 11.3 Å². The molecule has 194 valence electrons. The molecule has 0 radical (unpaired) electrons. The van der Waals surface area contributed by atoms with E-state index in [0.717, 1.165) is 16.9 Å². The van der Waals surface area contributed by atoms with Crippen LogP contribution in [0.3, 0.4) is 0 Å². The summed E-state index contributed by atoms with van der Waals surface area (Å²) in [7, 11) is 0. The van der Waals surface area contributed by atoms with Gasteiger partial charge in [-0.15, -0.1) is 10.2 Å². The molecule has 0 saturated carbocycles. The summed E-state index contributed by atoms with van der Waals surface area (Å²) in [6.45, 7) is 2.55. The largest absolute Gasteiger partial charge is 0.490 e. The highest BCUT2D eigenvalue weighted by Gasteiger charge is 2.12. The molecule has 2 amide bonds. The van der Waals surface area contributed by atoms with Crippen LogP contribution in [0.4, 0.5) is 9.52 Å². The Bertz CT molecular complexity index is 1410. The smallest absolute Gasteiger partial charge is 0.257 e. The quantitative estimate of drug-likeness (QED) is 0.215. The summed E-state index contributed by atoms with van der Waals surface area (Å²) in [6.07, 6.45) is 1.44. The third-order valence-electron chi connectivity index (χ3n) is 5.01. The summed E-state index contributed by atoms with van der Waals surface area (Å²) in [5, 5.41) is 15.3. The molecule has 3 aromatic carbocycles. The van der Waals surface area contributed by atoms with Gasteiger partial charge in [0.15, 0.2) is 11.5 Å². The number of nitrogens with zero attached hydrogens (tertiary/aromatic N) is 3. The molecule has 0 aliphatic rings. The molecular formula is C27H24FN5O4S. The van der Waals surface area contributed by atoms with Crippen LogP contribution in [-0.4, -0.2) is 34.8 Å². The number of amides is 2. The van der Waals surface area contributed by atoms with Crippen molar-refractivity contribution >= 4 is 34.5 Å². The van der Waals surface area contributed by atoms with Crippen LogP contribution in [0.1, 0.15) is 33.4 Å². The molecular weight excluding hydrogens is 509 g/mol. The minimum absolute atomic E-state index is 0.0451. The number of rotatable bonds is 11. The maximum atomic E-state index is 13.1. The number of ether oxygens (including phenoxy) is 2. The summed E-state index contributed by atoms with van der Waals surface area (Å²) in [6, 6.07) is 20.0. The zero-order valence-electron chi connectivity index (χ0n) is 20.4. The van der Waals surface area contributed by atoms with Crippen molar-refractivity contribution < 1.29 is 23.5 Å². The molecule has 4 aromatic rings. The SMILES string of the molecule is CCOc1cc(/C=N\NC(=O)Cc2nnc(NC(=O)c3ccccc3)s2)ccc1OCc1ccc(F)cc1. The topological polar surface area (TPSA) is 115 Å². The molecule has 0 aliphatic carbocycles. The number of carbonyl (C=O) groups excluding carboxylic acids is 2. The van der Waals surface area contributed by atoms with Crippen LogP contribution in [0, 0.1) is 5.82 Å². The Kier molecular flexibility index (Phi) is 9.08. The lowest BCUT2D eigenvalue weighted by atomic mass is 10.2. The predicted molar refractivity (Wildman–Crippen MR) is 142 cm³/mol. The van der Waals surface area contributed by atoms with Crippen LogP contribution in [-0.2, 0) is 17.8 Å². The monoisotopic (exact) mass is 533 g/mol. The number of hydrogen-bond donors (Lipinski definition) is 2. The standard InChI is InChI=1S/C27H24FN5O4S/c1-2-36-23-14-19(10-13-22(23)37-17-18-8-11-21(28)12-9-18)16-29-31-24(34)15-25-32-33-27(38-25)30-26(35)20-6-4-3-5-7-20/h3-14,16H,2,15,17H2,1H3,(H,31,34)(H,30,33,35)/b29-16-. The van der Waals surface area contributed by atoms with Gasteiger partial charge in [0.1, 0.15) is 17.4 Å². The molecule has 0 spiro atoms. The van der Waals surface area contributed by atoms with Crippen molar-refractivity contribution in [1.82, 2.24) is 15.6 Å². The second-order valence-electron chi connectivity index (χ2n) is 7.85. The average molecular weight is 534 g/mol. The minimum Gasteiger partial charge on any atom is -0.490 e. The third kappa shape index (κ3) is 7.68. The fourth-order valence-corrected chi connectivity index (χ4v) is 3.96. The van der Waals surface area contributed by atoms with E-state index in [2.05, 4.69) is 26.0 Å². The number of halogens is 1. The number of benzene rings is 3. The highest BCUT2D eigenvalue weighted by Crippen LogP contribution is 2.29. The Morgan fingerprint density at radius 1 is 1.00 bits per heavy atom. The Hall–Kier alpha value is -4.64. The van der Waals surface area contributed by atoms with Crippen LogP contribution in [0.25, 0.3) is 0 Å². The van der Waals surface area contributed by atoms with E-state index in [1.807, 2.05) is 13.0 Å². The van der Waals surface area contributed by atoms with Crippen molar-refractivity contribution in [2.45, 2.75) is 20.0 Å². The highest BCUT2D eigenvalue weighted by molar-refractivity contribution is 7.15. The van der Waals surface area contributed by atoms with Gasteiger partial charge in [-0.25, -0.2) is 9.82 Å². The second kappa shape index (κ2) is 13.1. The maximum Gasteiger partial charge on any atom is 0.257 e. The van der Waals surface area contributed by atoms with Gasteiger partial charge < -0.3 is 9.47 Å². The molecule has 0 saturated heterocycles. The zero-order valence-corrected chi connectivity index (χ0v) is 21.2. The summed E-state index contributed by atoms with van der Waals surface area (Å²) in [4.78, 5) is 24.5. The number of hydrazone groups is 1. The van der Waals surface area contributed by atoms with Crippen molar-refractivity contribution in [1.29, 1.82) is 0 Å². The summed E-state index contributed by atoms with van der Waals surface area (Å²) in [5.41, 5.74) is 4.46. The predicted octanol–water partition coefficient (Wildman–Crippen LogP) is 4.60. The number of anilines is 1. The van der Waals surface area contributed by atoms with Gasteiger partial charge in [0, 0.05) is 5.56 Å². The molecule has 1 heterocycles. The lowest BCUT2D eigenvalue weighted by molar-refractivity contribution is -0.120. The van der Waals surface area contributed by atoms with E-state index in [1.54, 1.807) is 54.6 Å². The fourth-order valence-electron chi connectivity index (χ4n) is 3.22. The summed E-state index contributed by atoms with van der Waals surface area (Å²) >= 11 is 1.11. The first-order valence-corrected chi connectivity index (χ1v) is 12.5. The molecule has 0 unspecified atom stereocenters. The van der Waals surface area contributed by atoms with E-state index in [9.17, 15) is 14.0 Å². The van der Waals surface area contributed by atoms with E-state index in [0.29, 0.717) is 39.4 Å². The van der Waals surface area contributed by atoms with Crippen LogP contribution in [0.2, 0.25) is 0 Å². The first kappa shape index (κ1) is 26.4. The molecule has 0 bridgehead atoms. The Morgan fingerprint density at radius 3 is 2.55 bits per heavy atom. The number of hydrogen-bond acceptors (Lipinski definition) is 8. The highest BCUT2D eigenvalue weighted by atomic mass is 32.1. The molecule has 38 heavy (non-hydrogen) atoms. The summed E-state index contributed by atoms with van der Waals surface area (Å²) < 4.78 is 24.6. The van der Waals surface area contributed by atoms with E-state index in [1.165, 1.54) is 18.3 Å². The Labute approximate surface area is 222 Å². The maximum absolute atomic E-state index is 13.1. The lowest BCUT2D eigenvalue weighted by Crippen LogP contribution is -2.19. The number of nitrogens with one attached hydrogen (secondary N) is 2. The lowest BCUT2D eigenvalue weighted by Gasteiger charge is -2.12. The molecule has 0 atom stereocenters. The van der Waals surface area contributed by atoms with Crippen LogP contribution < -0.4 is 20.2 Å². The first-order valence-electron chi connectivity index (χ1n) is 11.6. The van der Waals surface area contributed by atoms with Crippen molar-refractivity contribution in [2.24, 2.45) is 5.10 Å². The first-order chi connectivity index (χ1) is 18.5. The molecule has 4 rings (SSSR count). The average Bonchev–Trinajstić information content (AvgIpc) is 3.36. The molecule has 9 nitrogen and oxygen atoms in total. The molecule has 0 aliphatic heterocycles. The number of aromatic nitrogens is 2. The molecule has 1 aromatic heterocycles. The Morgan fingerprint density at radius 2 is 1.79 bits per heavy atom. The van der Waals surface area contributed by atoms with Gasteiger partial charge in [0.05, 0.1) is 19.2 Å². The van der Waals surface area contributed by atoms with Gasteiger partial charge in [-0.1, -0.05) is 41.7 Å². The number of carbonyl (C=O) groups is 2. The van der Waals surface area contributed by atoms with E-state index < -0.39 is 0 Å². The Balaban J connectivity index is 1.29. The van der Waals surface area contributed by atoms with Crippen LogP contribution in [0.15, 0.2) is 77.9 Å². The van der Waals surface area contributed by atoms with Crippen molar-refractivity contribution in [3.63, 3.8) is 0 Å². The van der Waals surface area contributed by atoms with E-state index >= 15 is 0 Å². The second-order valence-corrected chi connectivity index (χ2v) is 8.91. The van der Waals surface area contributed by atoms with E-state index in [4.69, 9.17) is 9.47 Å². The van der Waals surface area contributed by atoms with Gasteiger partial charge in [0.2, 0.25) is 11.0 Å². The third-order valence-corrected chi connectivity index (χ3v) is 5.85. The van der Waals surface area contributed by atoms with Gasteiger partial charge in [-0.3, -0.25) is 14.9 Å². The van der Waals surface area contributed by atoms with E-state index in [-0.39, 0.29) is 30.7 Å².